The Kier molecular flexibility index (Phi) is 4.13. The number of carboxylic acids is 1. The number of halogens is 2. The fourth-order valence-corrected chi connectivity index (χ4v) is 1.34. The Morgan fingerprint density at radius 1 is 1.56 bits per heavy atom. The molecule has 0 aliphatic heterocycles. The van der Waals surface area contributed by atoms with Gasteiger partial charge in [0.15, 0.2) is 17.3 Å². The first-order chi connectivity index (χ1) is 8.38. The molecule has 98 valence electrons. The number of aliphatic carboxylic acids is 1. The van der Waals surface area contributed by atoms with Crippen molar-refractivity contribution in [2.45, 2.75) is 19.4 Å². The smallest absolute Gasteiger partial charge is 0.326 e. The fraction of sp³-hybridized carbons (Fsp3) is 0.300. The van der Waals surface area contributed by atoms with E-state index >= 15 is 0 Å². The predicted molar refractivity (Wildman–Crippen MR) is 58.3 cm³/mol. The number of carboxylic acid groups (broad SMARTS) is 1. The number of nitro benzene ring substituents is 1. The molecule has 0 amide bonds. The SMILES string of the molecule is CCC(Nc1c([N+](=O)[O-])ccc(F)c1F)C(=O)O. The van der Waals surface area contributed by atoms with Crippen LogP contribution in [0.4, 0.5) is 20.2 Å². The van der Waals surface area contributed by atoms with E-state index in [-0.39, 0.29) is 6.42 Å². The maximum Gasteiger partial charge on any atom is 0.326 e. The van der Waals surface area contributed by atoms with Crippen LogP contribution in [-0.2, 0) is 4.79 Å². The second kappa shape index (κ2) is 5.39. The molecule has 0 fully saturated rings. The summed E-state index contributed by atoms with van der Waals surface area (Å²) in [5, 5.41) is 21.6. The largest absolute Gasteiger partial charge is 0.480 e. The monoisotopic (exact) mass is 260 g/mol. The molecule has 18 heavy (non-hydrogen) atoms. The van der Waals surface area contributed by atoms with Crippen molar-refractivity contribution in [2.24, 2.45) is 0 Å². The van der Waals surface area contributed by atoms with Gasteiger partial charge in [0.1, 0.15) is 6.04 Å². The van der Waals surface area contributed by atoms with Crippen LogP contribution in [0.15, 0.2) is 12.1 Å². The van der Waals surface area contributed by atoms with Gasteiger partial charge in [0.05, 0.1) is 4.92 Å². The van der Waals surface area contributed by atoms with Crippen molar-refractivity contribution in [3.8, 4) is 0 Å². The number of hydrogen-bond acceptors (Lipinski definition) is 4. The number of nitro groups is 1. The summed E-state index contributed by atoms with van der Waals surface area (Å²) in [7, 11) is 0. The van der Waals surface area contributed by atoms with Gasteiger partial charge in [-0.25, -0.2) is 13.6 Å². The Morgan fingerprint density at radius 2 is 2.17 bits per heavy atom. The van der Waals surface area contributed by atoms with Gasteiger partial charge in [-0.05, 0) is 12.5 Å². The van der Waals surface area contributed by atoms with Crippen LogP contribution < -0.4 is 5.32 Å². The zero-order valence-electron chi connectivity index (χ0n) is 9.31. The predicted octanol–water partition coefficient (Wildman–Crippen LogP) is 2.15. The summed E-state index contributed by atoms with van der Waals surface area (Å²) in [5.74, 6) is -4.07. The van der Waals surface area contributed by atoms with Gasteiger partial charge in [0, 0.05) is 6.07 Å². The Hall–Kier alpha value is -2.25. The van der Waals surface area contributed by atoms with Crippen molar-refractivity contribution in [3.63, 3.8) is 0 Å². The summed E-state index contributed by atoms with van der Waals surface area (Å²) in [4.78, 5) is 20.5. The summed E-state index contributed by atoms with van der Waals surface area (Å²) in [6.07, 6.45) is 0.0580. The van der Waals surface area contributed by atoms with Gasteiger partial charge < -0.3 is 10.4 Å². The minimum atomic E-state index is -1.47. The van der Waals surface area contributed by atoms with Crippen LogP contribution in [0.2, 0.25) is 0 Å². The number of anilines is 1. The summed E-state index contributed by atoms with van der Waals surface area (Å²) >= 11 is 0. The normalized spacial score (nSPS) is 11.9. The van der Waals surface area contributed by atoms with E-state index in [9.17, 15) is 23.7 Å². The first-order valence-electron chi connectivity index (χ1n) is 5.00. The first-order valence-corrected chi connectivity index (χ1v) is 5.00. The van der Waals surface area contributed by atoms with E-state index in [4.69, 9.17) is 5.11 Å². The van der Waals surface area contributed by atoms with E-state index < -0.39 is 39.9 Å². The lowest BCUT2D eigenvalue weighted by Gasteiger charge is -2.14. The van der Waals surface area contributed by atoms with E-state index in [0.717, 1.165) is 6.07 Å². The summed E-state index contributed by atoms with van der Waals surface area (Å²) < 4.78 is 26.4. The molecular weight excluding hydrogens is 250 g/mol. The van der Waals surface area contributed by atoms with Gasteiger partial charge in [-0.15, -0.1) is 0 Å². The third-order valence-corrected chi connectivity index (χ3v) is 2.29. The van der Waals surface area contributed by atoms with Gasteiger partial charge in [0.25, 0.3) is 5.69 Å². The van der Waals surface area contributed by atoms with Gasteiger partial charge >= 0.3 is 5.97 Å². The molecule has 1 aromatic carbocycles. The highest BCUT2D eigenvalue weighted by Gasteiger charge is 2.25. The van der Waals surface area contributed by atoms with Crippen LogP contribution in [0.5, 0.6) is 0 Å². The first kappa shape index (κ1) is 13.8. The minimum Gasteiger partial charge on any atom is -0.480 e. The van der Waals surface area contributed by atoms with E-state index in [1.165, 1.54) is 6.92 Å². The zero-order valence-corrected chi connectivity index (χ0v) is 9.31. The zero-order chi connectivity index (χ0) is 13.9. The van der Waals surface area contributed by atoms with E-state index in [0.29, 0.717) is 6.07 Å². The van der Waals surface area contributed by atoms with Gasteiger partial charge in [-0.3, -0.25) is 10.1 Å². The maximum absolute atomic E-state index is 13.4. The van der Waals surface area contributed by atoms with Gasteiger partial charge in [-0.2, -0.15) is 0 Å². The highest BCUT2D eigenvalue weighted by Crippen LogP contribution is 2.29. The van der Waals surface area contributed by atoms with Crippen LogP contribution in [0.1, 0.15) is 13.3 Å². The van der Waals surface area contributed by atoms with Gasteiger partial charge in [-0.1, -0.05) is 6.92 Å². The molecule has 8 heteroatoms. The van der Waals surface area contributed by atoms with Crippen molar-refractivity contribution in [3.05, 3.63) is 33.9 Å². The van der Waals surface area contributed by atoms with Crippen molar-refractivity contribution < 1.29 is 23.6 Å². The Labute approximate surface area is 100 Å². The molecule has 0 saturated heterocycles. The van der Waals surface area contributed by atoms with Crippen LogP contribution in [0, 0.1) is 21.7 Å². The lowest BCUT2D eigenvalue weighted by molar-refractivity contribution is -0.384. The second-order valence-corrected chi connectivity index (χ2v) is 3.46. The quantitative estimate of drug-likeness (QED) is 0.625. The molecule has 1 unspecified atom stereocenters. The number of nitrogens with one attached hydrogen (secondary N) is 1. The molecule has 6 nitrogen and oxygen atoms in total. The molecule has 0 aromatic heterocycles. The molecule has 0 aliphatic rings. The van der Waals surface area contributed by atoms with E-state index in [2.05, 4.69) is 5.32 Å². The van der Waals surface area contributed by atoms with Crippen molar-refractivity contribution in [2.75, 3.05) is 5.32 Å². The number of benzene rings is 1. The number of hydrogen-bond donors (Lipinski definition) is 2. The molecular formula is C10H10F2N2O4. The Bertz CT molecular complexity index is 493. The third-order valence-electron chi connectivity index (χ3n) is 2.29. The highest BCUT2D eigenvalue weighted by molar-refractivity contribution is 5.79. The minimum absolute atomic E-state index is 0.0580. The fourth-order valence-electron chi connectivity index (χ4n) is 1.34. The molecule has 0 aliphatic carbocycles. The van der Waals surface area contributed by atoms with Crippen LogP contribution >= 0.6 is 0 Å². The lowest BCUT2D eigenvalue weighted by Crippen LogP contribution is -2.29. The third kappa shape index (κ3) is 2.70. The molecule has 2 N–H and O–H groups in total. The van der Waals surface area contributed by atoms with Crippen molar-refractivity contribution in [1.82, 2.24) is 0 Å². The summed E-state index contributed by atoms with van der Waals surface area (Å²) in [5.41, 5.74) is -1.47. The molecule has 0 bridgehead atoms. The number of rotatable bonds is 5. The number of nitrogens with zero attached hydrogens (tertiary/aromatic N) is 1. The van der Waals surface area contributed by atoms with Crippen molar-refractivity contribution in [1.29, 1.82) is 0 Å². The second-order valence-electron chi connectivity index (χ2n) is 3.46. The van der Waals surface area contributed by atoms with E-state index in [1.807, 2.05) is 0 Å². The van der Waals surface area contributed by atoms with Crippen LogP contribution in [-0.4, -0.2) is 22.0 Å². The average Bonchev–Trinajstić information content (AvgIpc) is 2.30. The van der Waals surface area contributed by atoms with Crippen molar-refractivity contribution >= 4 is 17.3 Å². The maximum atomic E-state index is 13.4. The Morgan fingerprint density at radius 3 is 2.61 bits per heavy atom. The molecule has 1 aromatic rings. The molecule has 0 radical (unpaired) electrons. The highest BCUT2D eigenvalue weighted by atomic mass is 19.2. The average molecular weight is 260 g/mol. The Balaban J connectivity index is 3.24. The van der Waals surface area contributed by atoms with E-state index in [1.54, 1.807) is 0 Å². The van der Waals surface area contributed by atoms with Crippen LogP contribution in [0.25, 0.3) is 0 Å². The summed E-state index contributed by atoms with van der Waals surface area (Å²) in [6.45, 7) is 1.49. The standard InChI is InChI=1S/C10H10F2N2O4/c1-2-6(10(15)16)13-9-7(14(17)18)4-3-5(11)8(9)12/h3-4,6,13H,2H2,1H3,(H,15,16). The van der Waals surface area contributed by atoms with Gasteiger partial charge in [0.2, 0.25) is 0 Å². The molecule has 1 rings (SSSR count). The molecule has 0 heterocycles. The topological polar surface area (TPSA) is 92.5 Å². The van der Waals surface area contributed by atoms with Crippen LogP contribution in [0.3, 0.4) is 0 Å². The molecule has 0 saturated carbocycles. The summed E-state index contributed by atoms with van der Waals surface area (Å²) in [6, 6.07) is 0.148. The molecule has 0 spiro atoms. The number of carbonyl (C=O) groups is 1. The lowest BCUT2D eigenvalue weighted by atomic mass is 10.2. The molecule has 1 atom stereocenters.